The molecule has 0 amide bonds. The lowest BCUT2D eigenvalue weighted by molar-refractivity contribution is -0.143. The molecule has 1 atom stereocenters. The molecule has 0 fully saturated rings. The zero-order valence-electron chi connectivity index (χ0n) is 11.6. The Morgan fingerprint density at radius 1 is 1.40 bits per heavy atom. The van der Waals surface area contributed by atoms with Crippen molar-refractivity contribution in [1.82, 2.24) is 0 Å². The molecule has 110 valence electrons. The number of aryl methyl sites for hydroxylation is 1. The zero-order valence-corrected chi connectivity index (χ0v) is 13.2. The van der Waals surface area contributed by atoms with Gasteiger partial charge in [0.15, 0.2) is 5.78 Å². The van der Waals surface area contributed by atoms with Gasteiger partial charge in [-0.1, -0.05) is 41.1 Å². The molecule has 5 heteroatoms. The number of halogens is 2. The monoisotopic (exact) mass is 344 g/mol. The zero-order chi connectivity index (χ0) is 15.1. The van der Waals surface area contributed by atoms with E-state index in [1.165, 1.54) is 0 Å². The lowest BCUT2D eigenvalue weighted by Crippen LogP contribution is -2.13. The Morgan fingerprint density at radius 2 is 2.10 bits per heavy atom. The van der Waals surface area contributed by atoms with E-state index in [4.69, 9.17) is 4.74 Å². The topological polar surface area (TPSA) is 43.4 Å². The smallest absolute Gasteiger partial charge is 0.306 e. The molecule has 0 aliphatic carbocycles. The molecule has 0 bridgehead atoms. The average Bonchev–Trinajstić information content (AvgIpc) is 2.45. The summed E-state index contributed by atoms with van der Waals surface area (Å²) in [5.74, 6) is -1.33. The number of rotatable bonds is 7. The first kappa shape index (κ1) is 16.8. The molecule has 0 heterocycles. The lowest BCUT2D eigenvalue weighted by atomic mass is 9.94. The fourth-order valence-corrected chi connectivity index (χ4v) is 2.37. The molecule has 0 aromatic heterocycles. The fraction of sp³-hybridized carbons (Fsp3) is 0.467. The van der Waals surface area contributed by atoms with Gasteiger partial charge >= 0.3 is 5.97 Å². The number of alkyl halides is 1. The van der Waals surface area contributed by atoms with Crippen LogP contribution in [0.3, 0.4) is 0 Å². The van der Waals surface area contributed by atoms with Crippen LogP contribution in [-0.2, 0) is 20.7 Å². The third kappa shape index (κ3) is 4.40. The van der Waals surface area contributed by atoms with Gasteiger partial charge in [0.2, 0.25) is 0 Å². The summed E-state index contributed by atoms with van der Waals surface area (Å²) in [6.45, 7) is 3.72. The van der Waals surface area contributed by atoms with E-state index in [-0.39, 0.29) is 29.9 Å². The highest BCUT2D eigenvalue weighted by Gasteiger charge is 2.19. The number of ether oxygens (including phenoxy) is 1. The van der Waals surface area contributed by atoms with E-state index in [1.807, 2.05) is 0 Å². The van der Waals surface area contributed by atoms with E-state index in [0.717, 1.165) is 0 Å². The molecule has 0 aliphatic heterocycles. The van der Waals surface area contributed by atoms with Gasteiger partial charge < -0.3 is 4.74 Å². The predicted molar refractivity (Wildman–Crippen MR) is 78.6 cm³/mol. The van der Waals surface area contributed by atoms with Crippen LogP contribution in [0.4, 0.5) is 4.39 Å². The lowest BCUT2D eigenvalue weighted by Gasteiger charge is -2.13. The van der Waals surface area contributed by atoms with Gasteiger partial charge in [-0.15, -0.1) is 0 Å². The second-order valence-corrected chi connectivity index (χ2v) is 5.01. The summed E-state index contributed by atoms with van der Waals surface area (Å²) >= 11 is 3.09. The number of carbonyl (C=O) groups is 2. The van der Waals surface area contributed by atoms with E-state index in [0.29, 0.717) is 17.7 Å². The molecular formula is C15H18BrFO3. The van der Waals surface area contributed by atoms with Crippen molar-refractivity contribution in [3.05, 3.63) is 35.1 Å². The Labute approximate surface area is 126 Å². The molecule has 0 saturated heterocycles. The Morgan fingerprint density at radius 3 is 2.70 bits per heavy atom. The summed E-state index contributed by atoms with van der Waals surface area (Å²) in [5, 5.41) is 0.195. The van der Waals surface area contributed by atoms with Gasteiger partial charge in [0.25, 0.3) is 0 Å². The minimum Gasteiger partial charge on any atom is -0.466 e. The van der Waals surface area contributed by atoms with Crippen molar-refractivity contribution in [2.45, 2.75) is 32.6 Å². The van der Waals surface area contributed by atoms with Crippen molar-refractivity contribution in [3.8, 4) is 0 Å². The SMILES string of the molecule is CCOC(=O)CCc1cccc(C(C)C(=O)CBr)c1F. The Hall–Kier alpha value is -1.23. The number of Topliss-reactive ketones (excluding diaryl/α,β-unsaturated/α-hetero) is 1. The third-order valence-electron chi connectivity index (χ3n) is 3.09. The van der Waals surface area contributed by atoms with Gasteiger partial charge in [0.05, 0.1) is 11.9 Å². The van der Waals surface area contributed by atoms with Gasteiger partial charge in [-0.05, 0) is 24.5 Å². The van der Waals surface area contributed by atoms with E-state index in [9.17, 15) is 14.0 Å². The highest BCUT2D eigenvalue weighted by Crippen LogP contribution is 2.24. The number of hydrogen-bond donors (Lipinski definition) is 0. The van der Waals surface area contributed by atoms with Crippen LogP contribution in [0.5, 0.6) is 0 Å². The minimum atomic E-state index is -0.503. The maximum atomic E-state index is 14.3. The summed E-state index contributed by atoms with van der Waals surface area (Å²) in [6, 6.07) is 4.94. The second kappa shape index (κ2) is 8.15. The molecule has 0 saturated carbocycles. The average molecular weight is 345 g/mol. The first-order chi connectivity index (χ1) is 9.51. The summed E-state index contributed by atoms with van der Waals surface area (Å²) in [5.41, 5.74) is 0.806. The molecule has 1 aromatic rings. The van der Waals surface area contributed by atoms with Crippen LogP contribution in [0.2, 0.25) is 0 Å². The molecular weight excluding hydrogens is 327 g/mol. The Bertz CT molecular complexity index is 488. The second-order valence-electron chi connectivity index (χ2n) is 4.45. The van der Waals surface area contributed by atoms with E-state index in [1.54, 1.807) is 32.0 Å². The predicted octanol–water partition coefficient (Wildman–Crippen LogP) is 3.39. The molecule has 1 rings (SSSR count). The summed E-state index contributed by atoms with van der Waals surface area (Å²) in [6.07, 6.45) is 0.405. The number of hydrogen-bond acceptors (Lipinski definition) is 3. The minimum absolute atomic E-state index is 0.0774. The van der Waals surface area contributed by atoms with Gasteiger partial charge in [-0.25, -0.2) is 4.39 Å². The summed E-state index contributed by atoms with van der Waals surface area (Å²) in [4.78, 5) is 22.9. The molecule has 3 nitrogen and oxygen atoms in total. The van der Waals surface area contributed by atoms with Crippen LogP contribution < -0.4 is 0 Å². The van der Waals surface area contributed by atoms with Crippen molar-refractivity contribution >= 4 is 27.7 Å². The van der Waals surface area contributed by atoms with Gasteiger partial charge in [0.1, 0.15) is 5.82 Å². The molecule has 20 heavy (non-hydrogen) atoms. The van der Waals surface area contributed by atoms with Crippen molar-refractivity contribution in [2.75, 3.05) is 11.9 Å². The summed E-state index contributed by atoms with van der Waals surface area (Å²) in [7, 11) is 0. The van der Waals surface area contributed by atoms with Crippen molar-refractivity contribution in [3.63, 3.8) is 0 Å². The maximum Gasteiger partial charge on any atom is 0.306 e. The van der Waals surface area contributed by atoms with Gasteiger partial charge in [-0.2, -0.15) is 0 Å². The summed E-state index contributed by atoms with van der Waals surface area (Å²) < 4.78 is 19.2. The molecule has 0 spiro atoms. The van der Waals surface area contributed by atoms with Crippen LogP contribution in [0.1, 0.15) is 37.3 Å². The first-order valence-electron chi connectivity index (χ1n) is 6.52. The quantitative estimate of drug-likeness (QED) is 0.562. The number of benzene rings is 1. The molecule has 1 aromatic carbocycles. The van der Waals surface area contributed by atoms with E-state index in [2.05, 4.69) is 15.9 Å². The maximum absolute atomic E-state index is 14.3. The van der Waals surface area contributed by atoms with Crippen molar-refractivity contribution < 1.29 is 18.7 Å². The Balaban J connectivity index is 2.84. The molecule has 1 unspecified atom stereocenters. The molecule has 0 radical (unpaired) electrons. The van der Waals surface area contributed by atoms with Crippen molar-refractivity contribution in [2.24, 2.45) is 0 Å². The molecule has 0 N–H and O–H groups in total. The van der Waals surface area contributed by atoms with Gasteiger partial charge in [-0.3, -0.25) is 9.59 Å². The highest BCUT2D eigenvalue weighted by molar-refractivity contribution is 9.09. The normalized spacial score (nSPS) is 12.0. The van der Waals surface area contributed by atoms with Crippen LogP contribution in [0, 0.1) is 5.82 Å². The van der Waals surface area contributed by atoms with Gasteiger partial charge in [0, 0.05) is 12.3 Å². The molecule has 0 aliphatic rings. The highest BCUT2D eigenvalue weighted by atomic mass is 79.9. The third-order valence-corrected chi connectivity index (χ3v) is 3.65. The van der Waals surface area contributed by atoms with Crippen LogP contribution in [0.25, 0.3) is 0 Å². The van der Waals surface area contributed by atoms with Crippen molar-refractivity contribution in [1.29, 1.82) is 0 Å². The number of esters is 1. The first-order valence-corrected chi connectivity index (χ1v) is 7.65. The standard InChI is InChI=1S/C15H18BrFO3/c1-3-20-14(19)8-7-11-5-4-6-12(15(11)17)10(2)13(18)9-16/h4-6,10H,3,7-9H2,1-2H3. The van der Waals surface area contributed by atoms with E-state index >= 15 is 0 Å². The van der Waals surface area contributed by atoms with Crippen LogP contribution >= 0.6 is 15.9 Å². The number of carbonyl (C=O) groups excluding carboxylic acids is 2. The largest absolute Gasteiger partial charge is 0.466 e. The fourth-order valence-electron chi connectivity index (χ4n) is 1.89. The van der Waals surface area contributed by atoms with E-state index < -0.39 is 11.7 Å². The Kier molecular flexibility index (Phi) is 6.85. The van der Waals surface area contributed by atoms with Crippen LogP contribution in [-0.4, -0.2) is 23.7 Å². The number of ketones is 1. The van der Waals surface area contributed by atoms with Crippen LogP contribution in [0.15, 0.2) is 18.2 Å².